The van der Waals surface area contributed by atoms with E-state index in [1.165, 1.54) is 77.8 Å². The molecule has 0 N–H and O–H groups in total. The van der Waals surface area contributed by atoms with Crippen LogP contribution >= 0.6 is 0 Å². The van der Waals surface area contributed by atoms with Gasteiger partial charge in [-0.05, 0) is 37.8 Å². The van der Waals surface area contributed by atoms with Crippen LogP contribution in [0, 0.1) is 11.8 Å². The minimum Gasteiger partial charge on any atom is -0.301 e. The first kappa shape index (κ1) is 18.0. The first-order chi connectivity index (χ1) is 9.58. The van der Waals surface area contributed by atoms with Crippen molar-refractivity contribution >= 4 is 0 Å². The van der Waals surface area contributed by atoms with Crippen molar-refractivity contribution in [3.8, 4) is 0 Å². The van der Waals surface area contributed by atoms with Gasteiger partial charge in [-0.15, -0.1) is 0 Å². The summed E-state index contributed by atoms with van der Waals surface area (Å²) in [6.45, 7) is 17.1. The van der Waals surface area contributed by atoms with E-state index in [0.717, 1.165) is 11.8 Å². The minimum atomic E-state index is 0.846. The third-order valence-corrected chi connectivity index (χ3v) is 4.49. The maximum absolute atomic E-state index is 2.67. The molecule has 0 amide bonds. The van der Waals surface area contributed by atoms with Gasteiger partial charge >= 0.3 is 0 Å². The predicted octanol–water partition coefficient (Wildman–Crippen LogP) is 4.26. The molecule has 2 nitrogen and oxygen atoms in total. The van der Waals surface area contributed by atoms with Crippen LogP contribution in [-0.4, -0.2) is 49.1 Å². The lowest BCUT2D eigenvalue weighted by atomic mass is 10.0. The molecule has 0 aromatic rings. The Morgan fingerprint density at radius 1 is 0.600 bits per heavy atom. The molecule has 0 aromatic carbocycles. The average Bonchev–Trinajstić information content (AvgIpc) is 2.41. The predicted molar refractivity (Wildman–Crippen MR) is 90.3 cm³/mol. The van der Waals surface area contributed by atoms with E-state index >= 15 is 0 Å². The zero-order valence-electron chi connectivity index (χ0n) is 14.5. The van der Waals surface area contributed by atoms with Crippen LogP contribution in [0.3, 0.4) is 0 Å². The molecule has 0 aromatic heterocycles. The molecule has 1 heterocycles. The number of nitrogens with zero attached hydrogens (tertiary/aromatic N) is 2. The highest BCUT2D eigenvalue weighted by atomic mass is 15.3. The summed E-state index contributed by atoms with van der Waals surface area (Å²) in [7, 11) is 0. The van der Waals surface area contributed by atoms with Crippen molar-refractivity contribution in [2.45, 2.75) is 66.2 Å². The summed E-state index contributed by atoms with van der Waals surface area (Å²) in [6.07, 6.45) is 8.47. The lowest BCUT2D eigenvalue weighted by molar-refractivity contribution is 0.126. The van der Waals surface area contributed by atoms with Crippen LogP contribution in [0.25, 0.3) is 0 Å². The summed E-state index contributed by atoms with van der Waals surface area (Å²) in [5.41, 5.74) is 0. The first-order valence-electron chi connectivity index (χ1n) is 9.02. The summed E-state index contributed by atoms with van der Waals surface area (Å²) < 4.78 is 0. The van der Waals surface area contributed by atoms with Crippen LogP contribution in [0.1, 0.15) is 66.2 Å². The van der Waals surface area contributed by atoms with Crippen LogP contribution in [0.15, 0.2) is 0 Å². The Hall–Kier alpha value is -0.0800. The molecule has 0 saturated carbocycles. The van der Waals surface area contributed by atoms with Crippen LogP contribution in [-0.2, 0) is 0 Å². The quantitative estimate of drug-likeness (QED) is 0.553. The van der Waals surface area contributed by atoms with Gasteiger partial charge in [-0.3, -0.25) is 0 Å². The van der Waals surface area contributed by atoms with E-state index in [9.17, 15) is 0 Å². The van der Waals surface area contributed by atoms with Gasteiger partial charge in [0.25, 0.3) is 0 Å². The summed E-state index contributed by atoms with van der Waals surface area (Å²) >= 11 is 0. The third kappa shape index (κ3) is 8.97. The van der Waals surface area contributed by atoms with E-state index < -0.39 is 0 Å². The van der Waals surface area contributed by atoms with Gasteiger partial charge in [0.05, 0.1) is 0 Å². The van der Waals surface area contributed by atoms with E-state index in [0.29, 0.717) is 0 Å². The molecule has 1 aliphatic rings. The molecular formula is C18H38N2. The van der Waals surface area contributed by atoms with Crippen LogP contribution in [0.4, 0.5) is 0 Å². The van der Waals surface area contributed by atoms with E-state index in [4.69, 9.17) is 0 Å². The van der Waals surface area contributed by atoms with Crippen LogP contribution in [0.5, 0.6) is 0 Å². The lowest BCUT2D eigenvalue weighted by Crippen LogP contribution is -2.46. The highest BCUT2D eigenvalue weighted by molar-refractivity contribution is 4.72. The van der Waals surface area contributed by atoms with Crippen molar-refractivity contribution < 1.29 is 0 Å². The number of piperazine rings is 1. The fraction of sp³-hybridized carbons (Fsp3) is 1.00. The molecule has 0 unspecified atom stereocenters. The lowest BCUT2D eigenvalue weighted by Gasteiger charge is -2.35. The maximum Gasteiger partial charge on any atom is 0.0110 e. The molecule has 1 aliphatic heterocycles. The van der Waals surface area contributed by atoms with Gasteiger partial charge in [0.15, 0.2) is 0 Å². The van der Waals surface area contributed by atoms with Crippen molar-refractivity contribution in [3.63, 3.8) is 0 Å². The highest BCUT2D eigenvalue weighted by Crippen LogP contribution is 2.11. The van der Waals surface area contributed by atoms with E-state index in [1.807, 2.05) is 0 Å². The first-order valence-corrected chi connectivity index (χ1v) is 9.02. The summed E-state index contributed by atoms with van der Waals surface area (Å²) in [6, 6.07) is 0. The molecule has 20 heavy (non-hydrogen) atoms. The standard InChI is InChI=1S/C18H38N2/c1-17(2)9-7-5-6-8-11-19-13-15-20(16-14-19)12-10-18(3)4/h17-18H,5-16H2,1-4H3. The smallest absolute Gasteiger partial charge is 0.0110 e. The van der Waals surface area contributed by atoms with Gasteiger partial charge in [0.2, 0.25) is 0 Å². The normalized spacial score (nSPS) is 18.3. The van der Waals surface area contributed by atoms with Crippen molar-refractivity contribution in [1.29, 1.82) is 0 Å². The van der Waals surface area contributed by atoms with Crippen molar-refractivity contribution in [2.24, 2.45) is 11.8 Å². The molecule has 0 spiro atoms. The van der Waals surface area contributed by atoms with Crippen molar-refractivity contribution in [3.05, 3.63) is 0 Å². The number of hydrogen-bond donors (Lipinski definition) is 0. The van der Waals surface area contributed by atoms with Gasteiger partial charge in [0, 0.05) is 26.2 Å². The topological polar surface area (TPSA) is 6.48 Å². The summed E-state index contributed by atoms with van der Waals surface area (Å²) in [5, 5.41) is 0. The minimum absolute atomic E-state index is 0.846. The highest BCUT2D eigenvalue weighted by Gasteiger charge is 2.16. The van der Waals surface area contributed by atoms with Gasteiger partial charge in [0.1, 0.15) is 0 Å². The molecule has 0 radical (unpaired) electrons. The van der Waals surface area contributed by atoms with Crippen molar-refractivity contribution in [1.82, 2.24) is 9.80 Å². The zero-order chi connectivity index (χ0) is 14.8. The Labute approximate surface area is 127 Å². The summed E-state index contributed by atoms with van der Waals surface area (Å²) in [4.78, 5) is 5.33. The fourth-order valence-corrected chi connectivity index (χ4v) is 2.92. The van der Waals surface area contributed by atoms with E-state index in [-0.39, 0.29) is 0 Å². The molecule has 0 atom stereocenters. The third-order valence-electron chi connectivity index (χ3n) is 4.49. The molecule has 1 saturated heterocycles. The van der Waals surface area contributed by atoms with Gasteiger partial charge in [-0.1, -0.05) is 53.4 Å². The largest absolute Gasteiger partial charge is 0.301 e. The Bertz CT molecular complexity index is 217. The molecule has 0 bridgehead atoms. The van der Waals surface area contributed by atoms with Crippen LogP contribution in [0.2, 0.25) is 0 Å². The molecular weight excluding hydrogens is 244 g/mol. The van der Waals surface area contributed by atoms with Crippen LogP contribution < -0.4 is 0 Å². The fourth-order valence-electron chi connectivity index (χ4n) is 2.92. The Morgan fingerprint density at radius 3 is 1.65 bits per heavy atom. The SMILES string of the molecule is CC(C)CCCCCCN1CCN(CCC(C)C)CC1. The van der Waals surface area contributed by atoms with E-state index in [1.54, 1.807) is 0 Å². The van der Waals surface area contributed by atoms with Gasteiger partial charge in [-0.25, -0.2) is 0 Å². The number of rotatable bonds is 10. The summed E-state index contributed by atoms with van der Waals surface area (Å²) in [5.74, 6) is 1.73. The second-order valence-electron chi connectivity index (χ2n) is 7.46. The van der Waals surface area contributed by atoms with Gasteiger partial charge < -0.3 is 9.80 Å². The van der Waals surface area contributed by atoms with E-state index in [2.05, 4.69) is 37.5 Å². The number of hydrogen-bond acceptors (Lipinski definition) is 2. The average molecular weight is 283 g/mol. The molecule has 120 valence electrons. The second-order valence-corrected chi connectivity index (χ2v) is 7.46. The maximum atomic E-state index is 2.67. The van der Waals surface area contributed by atoms with Crippen molar-refractivity contribution in [2.75, 3.05) is 39.3 Å². The zero-order valence-corrected chi connectivity index (χ0v) is 14.5. The Balaban J connectivity index is 1.94. The molecule has 1 fully saturated rings. The molecule has 1 rings (SSSR count). The second kappa shape index (κ2) is 10.6. The molecule has 0 aliphatic carbocycles. The Morgan fingerprint density at radius 2 is 1.10 bits per heavy atom. The number of unbranched alkanes of at least 4 members (excludes halogenated alkanes) is 3. The molecule has 2 heteroatoms. The monoisotopic (exact) mass is 282 g/mol. The van der Waals surface area contributed by atoms with Gasteiger partial charge in [-0.2, -0.15) is 0 Å². The Kier molecular flexibility index (Phi) is 9.54.